The van der Waals surface area contributed by atoms with Crippen LogP contribution in [0, 0.1) is 0 Å². The summed E-state index contributed by atoms with van der Waals surface area (Å²) in [5, 5.41) is 13.4. The summed E-state index contributed by atoms with van der Waals surface area (Å²) in [6.07, 6.45) is 0. The molecule has 6 heteroatoms. The van der Waals surface area contributed by atoms with Crippen molar-refractivity contribution in [1.29, 1.82) is 0 Å². The molecule has 0 aliphatic carbocycles. The fraction of sp³-hybridized carbons (Fsp3) is 0. The first-order chi connectivity index (χ1) is 6.29. The van der Waals surface area contributed by atoms with Gasteiger partial charge in [0.25, 0.3) is 0 Å². The van der Waals surface area contributed by atoms with Crippen molar-refractivity contribution in [2.75, 3.05) is 0 Å². The molecule has 0 radical (unpaired) electrons. The first-order valence-electron chi connectivity index (χ1n) is 3.54. The van der Waals surface area contributed by atoms with Crippen LogP contribution >= 0.6 is 25.3 Å². The van der Waals surface area contributed by atoms with Crippen molar-refractivity contribution < 1.29 is 0 Å². The molecule has 0 fully saturated rings. The Kier molecular flexibility index (Phi) is 2.24. The van der Waals surface area contributed by atoms with Crippen LogP contribution in [0.5, 0.6) is 0 Å². The summed E-state index contributed by atoms with van der Waals surface area (Å²) in [5.41, 5.74) is 0.848. The smallest absolute Gasteiger partial charge is 0.180 e. The lowest BCUT2D eigenvalue weighted by atomic mass is 10.2. The Morgan fingerprint density at radius 1 is 1.23 bits per heavy atom. The maximum Gasteiger partial charge on any atom is 0.180 e. The number of H-pyrrole nitrogens is 1. The third kappa shape index (κ3) is 1.54. The van der Waals surface area contributed by atoms with E-state index in [4.69, 9.17) is 0 Å². The van der Waals surface area contributed by atoms with E-state index < -0.39 is 0 Å². The van der Waals surface area contributed by atoms with E-state index in [0.29, 0.717) is 5.82 Å². The molecule has 13 heavy (non-hydrogen) atoms. The van der Waals surface area contributed by atoms with Gasteiger partial charge in [-0.15, -0.1) is 30.4 Å². The molecule has 2 aromatic rings. The summed E-state index contributed by atoms with van der Waals surface area (Å²) >= 11 is 8.55. The van der Waals surface area contributed by atoms with Crippen LogP contribution in [-0.2, 0) is 0 Å². The van der Waals surface area contributed by atoms with Crippen molar-refractivity contribution in [3.63, 3.8) is 0 Å². The SMILES string of the molecule is Sc1cccc(-c2nnn[nH]2)c1S. The summed E-state index contributed by atoms with van der Waals surface area (Å²) in [6.45, 7) is 0. The average Bonchev–Trinajstić information content (AvgIpc) is 2.62. The summed E-state index contributed by atoms with van der Waals surface area (Å²) in [6, 6.07) is 5.61. The van der Waals surface area contributed by atoms with Gasteiger partial charge in [0.1, 0.15) is 0 Å². The predicted octanol–water partition coefficient (Wildman–Crippen LogP) is 1.44. The van der Waals surface area contributed by atoms with Crippen molar-refractivity contribution in [2.24, 2.45) is 0 Å². The molecule has 0 unspecified atom stereocenters. The summed E-state index contributed by atoms with van der Waals surface area (Å²) in [7, 11) is 0. The van der Waals surface area contributed by atoms with Gasteiger partial charge in [-0.3, -0.25) is 0 Å². The molecule has 0 saturated carbocycles. The fourth-order valence-corrected chi connectivity index (χ4v) is 1.46. The maximum absolute atomic E-state index is 4.31. The monoisotopic (exact) mass is 210 g/mol. The van der Waals surface area contributed by atoms with Gasteiger partial charge < -0.3 is 0 Å². The van der Waals surface area contributed by atoms with Crippen LogP contribution in [0.25, 0.3) is 11.4 Å². The molecular formula is C7H6N4S2. The van der Waals surface area contributed by atoms with Gasteiger partial charge in [0.05, 0.1) is 0 Å². The van der Waals surface area contributed by atoms with Crippen LogP contribution < -0.4 is 0 Å². The second-order valence-electron chi connectivity index (χ2n) is 2.42. The topological polar surface area (TPSA) is 54.5 Å². The number of nitrogens with one attached hydrogen (secondary N) is 1. The third-order valence-electron chi connectivity index (χ3n) is 1.62. The molecule has 0 saturated heterocycles. The Hall–Kier alpha value is -1.01. The van der Waals surface area contributed by atoms with Crippen molar-refractivity contribution in [1.82, 2.24) is 20.6 Å². The molecule has 0 bridgehead atoms. The molecule has 0 atom stereocenters. The third-order valence-corrected chi connectivity index (χ3v) is 2.65. The molecule has 0 amide bonds. The van der Waals surface area contributed by atoms with Gasteiger partial charge in [-0.05, 0) is 22.6 Å². The lowest BCUT2D eigenvalue weighted by molar-refractivity contribution is 0.881. The van der Waals surface area contributed by atoms with Crippen LogP contribution in [0.4, 0.5) is 0 Å². The number of benzene rings is 1. The number of hydrogen-bond donors (Lipinski definition) is 3. The quantitative estimate of drug-likeness (QED) is 0.624. The number of aromatic amines is 1. The maximum atomic E-state index is 4.31. The summed E-state index contributed by atoms with van der Waals surface area (Å²) in [5.74, 6) is 0.598. The Balaban J connectivity index is 2.59. The van der Waals surface area contributed by atoms with Crippen LogP contribution in [0.1, 0.15) is 0 Å². The van der Waals surface area contributed by atoms with E-state index in [1.807, 2.05) is 18.2 Å². The van der Waals surface area contributed by atoms with E-state index >= 15 is 0 Å². The number of nitrogens with zero attached hydrogens (tertiary/aromatic N) is 3. The molecule has 1 heterocycles. The van der Waals surface area contributed by atoms with Crippen LogP contribution in [-0.4, -0.2) is 20.6 Å². The van der Waals surface area contributed by atoms with Gasteiger partial charge in [-0.2, -0.15) is 0 Å². The van der Waals surface area contributed by atoms with Gasteiger partial charge in [0, 0.05) is 15.4 Å². The minimum Gasteiger partial charge on any atom is -0.239 e. The molecule has 1 N–H and O–H groups in total. The van der Waals surface area contributed by atoms with E-state index in [0.717, 1.165) is 15.4 Å². The molecule has 2 rings (SSSR count). The highest BCUT2D eigenvalue weighted by Crippen LogP contribution is 2.27. The highest BCUT2D eigenvalue weighted by atomic mass is 32.1. The highest BCUT2D eigenvalue weighted by Gasteiger charge is 2.07. The fourth-order valence-electron chi connectivity index (χ4n) is 0.996. The Bertz CT molecular complexity index is 412. The Morgan fingerprint density at radius 3 is 2.77 bits per heavy atom. The average molecular weight is 210 g/mol. The number of thiol groups is 2. The van der Waals surface area contributed by atoms with Gasteiger partial charge >= 0.3 is 0 Å². The predicted molar refractivity (Wildman–Crippen MR) is 54.1 cm³/mol. The second-order valence-corrected chi connectivity index (χ2v) is 3.35. The largest absolute Gasteiger partial charge is 0.239 e. The molecule has 4 nitrogen and oxygen atoms in total. The van der Waals surface area contributed by atoms with Gasteiger partial charge in [0.15, 0.2) is 5.82 Å². The normalized spacial score (nSPS) is 10.3. The zero-order valence-corrected chi connectivity index (χ0v) is 8.26. The number of tetrazole rings is 1. The van der Waals surface area contributed by atoms with E-state index in [1.165, 1.54) is 0 Å². The molecule has 0 aliphatic heterocycles. The molecule has 1 aromatic carbocycles. The van der Waals surface area contributed by atoms with Crippen LogP contribution in [0.15, 0.2) is 28.0 Å². The minimum atomic E-state index is 0.598. The van der Waals surface area contributed by atoms with Gasteiger partial charge in [0.2, 0.25) is 0 Å². The van der Waals surface area contributed by atoms with E-state index in [9.17, 15) is 0 Å². The minimum absolute atomic E-state index is 0.598. The second kappa shape index (κ2) is 3.39. The van der Waals surface area contributed by atoms with Crippen molar-refractivity contribution in [2.45, 2.75) is 9.79 Å². The first-order valence-corrected chi connectivity index (χ1v) is 4.43. The Labute approximate surface area is 85.6 Å². The van der Waals surface area contributed by atoms with Gasteiger partial charge in [-0.1, -0.05) is 6.07 Å². The molecule has 1 aromatic heterocycles. The van der Waals surface area contributed by atoms with Crippen LogP contribution in [0.3, 0.4) is 0 Å². The Morgan fingerprint density at radius 2 is 2.08 bits per heavy atom. The molecule has 0 aliphatic rings. The van der Waals surface area contributed by atoms with Crippen molar-refractivity contribution in [3.8, 4) is 11.4 Å². The van der Waals surface area contributed by atoms with E-state index in [2.05, 4.69) is 45.9 Å². The van der Waals surface area contributed by atoms with E-state index in [1.54, 1.807) is 0 Å². The molecular weight excluding hydrogens is 204 g/mol. The molecule has 66 valence electrons. The van der Waals surface area contributed by atoms with Gasteiger partial charge in [-0.25, -0.2) is 5.10 Å². The number of hydrogen-bond acceptors (Lipinski definition) is 5. The number of rotatable bonds is 1. The van der Waals surface area contributed by atoms with Crippen molar-refractivity contribution >= 4 is 25.3 Å². The zero-order chi connectivity index (χ0) is 9.26. The standard InChI is InChI=1S/C7H6N4S2/c12-5-3-1-2-4(6(5)13)7-8-10-11-9-7/h1-3,12-13H,(H,8,9,10,11). The summed E-state index contributed by atoms with van der Waals surface area (Å²) < 4.78 is 0. The lowest BCUT2D eigenvalue weighted by Gasteiger charge is -2.01. The first kappa shape index (κ1) is 8.58. The summed E-state index contributed by atoms with van der Waals surface area (Å²) in [4.78, 5) is 1.57. The van der Waals surface area contributed by atoms with Crippen LogP contribution in [0.2, 0.25) is 0 Å². The molecule has 0 spiro atoms. The zero-order valence-electron chi connectivity index (χ0n) is 6.47. The lowest BCUT2D eigenvalue weighted by Crippen LogP contribution is -1.84. The van der Waals surface area contributed by atoms with Crippen molar-refractivity contribution in [3.05, 3.63) is 18.2 Å². The number of aromatic nitrogens is 4. The van der Waals surface area contributed by atoms with E-state index in [-0.39, 0.29) is 0 Å². The highest BCUT2D eigenvalue weighted by molar-refractivity contribution is 7.83.